The number of fused-ring (bicyclic) bond motifs is 1. The minimum Gasteiger partial charge on any atom is -0.491 e. The summed E-state index contributed by atoms with van der Waals surface area (Å²) >= 11 is 6.85. The van der Waals surface area contributed by atoms with Crippen LogP contribution in [0, 0.1) is 0 Å². The van der Waals surface area contributed by atoms with Gasteiger partial charge in [0.1, 0.15) is 22.5 Å². The number of hydrogen-bond acceptors (Lipinski definition) is 12. The molecule has 1 amide bonds. The molecule has 43 heavy (non-hydrogen) atoms. The number of nitrogen functional groups attached to an aromatic ring is 1. The van der Waals surface area contributed by atoms with E-state index >= 15 is 0 Å². The zero-order chi connectivity index (χ0) is 29.6. The second-order valence-electron chi connectivity index (χ2n) is 10.1. The predicted octanol–water partition coefficient (Wildman–Crippen LogP) is 3.33. The molecule has 0 saturated carbocycles. The molecule has 4 aromatic rings. The number of nitrogens with zero attached hydrogens (tertiary/aromatic N) is 7. The van der Waals surface area contributed by atoms with Crippen molar-refractivity contribution in [3.05, 3.63) is 58.8 Å². The monoisotopic (exact) mass is 617 g/mol. The molecule has 4 heterocycles. The number of aryl methyl sites for hydroxylation is 1. The van der Waals surface area contributed by atoms with Crippen molar-refractivity contribution < 1.29 is 14.3 Å². The van der Waals surface area contributed by atoms with Crippen LogP contribution in [0.3, 0.4) is 0 Å². The maximum Gasteiger partial charge on any atom is 0.266 e. The summed E-state index contributed by atoms with van der Waals surface area (Å²) in [5.74, 6) is 2.06. The van der Waals surface area contributed by atoms with Crippen LogP contribution in [0.5, 0.6) is 5.75 Å². The summed E-state index contributed by atoms with van der Waals surface area (Å²) in [6.07, 6.45) is 4.13. The second kappa shape index (κ2) is 13.5. The molecule has 2 aromatic heterocycles. The Morgan fingerprint density at radius 3 is 2.81 bits per heavy atom. The molecule has 2 aliphatic heterocycles. The molecule has 6 rings (SSSR count). The molecule has 0 aliphatic carbocycles. The van der Waals surface area contributed by atoms with E-state index in [1.807, 2.05) is 48.5 Å². The molecule has 0 spiro atoms. The zero-order valence-electron chi connectivity index (χ0n) is 23.4. The van der Waals surface area contributed by atoms with Gasteiger partial charge < -0.3 is 15.2 Å². The van der Waals surface area contributed by atoms with Crippen molar-refractivity contribution in [3.63, 3.8) is 0 Å². The average molecular weight is 618 g/mol. The number of tetrazole rings is 1. The summed E-state index contributed by atoms with van der Waals surface area (Å²) in [6.45, 7) is 5.05. The van der Waals surface area contributed by atoms with Crippen LogP contribution in [0.25, 0.3) is 28.4 Å². The van der Waals surface area contributed by atoms with Gasteiger partial charge in [-0.25, -0.2) is 9.97 Å². The van der Waals surface area contributed by atoms with Crippen LogP contribution >= 0.6 is 24.0 Å². The number of ether oxygens (including phenoxy) is 2. The van der Waals surface area contributed by atoms with Crippen LogP contribution in [-0.2, 0) is 16.0 Å². The Hall–Kier alpha value is -3.98. The van der Waals surface area contributed by atoms with E-state index < -0.39 is 0 Å². The lowest BCUT2D eigenvalue weighted by Crippen LogP contribution is -2.38. The van der Waals surface area contributed by atoms with Crippen molar-refractivity contribution in [2.75, 3.05) is 51.7 Å². The number of aromatic nitrogens is 6. The van der Waals surface area contributed by atoms with Gasteiger partial charge in [-0.1, -0.05) is 47.4 Å². The van der Waals surface area contributed by atoms with Crippen LogP contribution in [0.4, 0.5) is 5.82 Å². The number of hydrogen-bond donors (Lipinski definition) is 2. The number of para-hydroxylation sites is 1. The third-order valence-corrected chi connectivity index (χ3v) is 8.62. The van der Waals surface area contributed by atoms with E-state index in [0.717, 1.165) is 62.2 Å². The summed E-state index contributed by atoms with van der Waals surface area (Å²) in [5, 5.41) is 14.8. The van der Waals surface area contributed by atoms with Crippen molar-refractivity contribution in [2.45, 2.75) is 19.3 Å². The third-order valence-electron chi connectivity index (χ3n) is 7.24. The van der Waals surface area contributed by atoms with E-state index in [1.165, 1.54) is 11.8 Å². The zero-order valence-corrected chi connectivity index (χ0v) is 25.1. The highest BCUT2D eigenvalue weighted by Crippen LogP contribution is 2.36. The van der Waals surface area contributed by atoms with Crippen LogP contribution in [-0.4, -0.2) is 96.6 Å². The van der Waals surface area contributed by atoms with E-state index in [0.29, 0.717) is 57.6 Å². The Balaban J connectivity index is 1.22. The third kappa shape index (κ3) is 6.99. The first-order valence-electron chi connectivity index (χ1n) is 14.1. The van der Waals surface area contributed by atoms with Gasteiger partial charge in [0, 0.05) is 38.0 Å². The highest BCUT2D eigenvalue weighted by Gasteiger charge is 2.31. The first-order chi connectivity index (χ1) is 21.0. The van der Waals surface area contributed by atoms with Gasteiger partial charge in [0.25, 0.3) is 5.91 Å². The largest absolute Gasteiger partial charge is 0.491 e. The van der Waals surface area contributed by atoms with Gasteiger partial charge in [-0.2, -0.15) is 5.21 Å². The van der Waals surface area contributed by atoms with Crippen LogP contribution < -0.4 is 10.5 Å². The van der Waals surface area contributed by atoms with Crippen LogP contribution in [0.15, 0.2) is 47.4 Å². The van der Waals surface area contributed by atoms with Gasteiger partial charge in [0.15, 0.2) is 11.6 Å². The number of anilines is 1. The minimum absolute atomic E-state index is 0.104. The molecule has 2 aromatic carbocycles. The van der Waals surface area contributed by atoms with Gasteiger partial charge in [0.2, 0.25) is 0 Å². The normalized spacial score (nSPS) is 16.9. The molecule has 14 heteroatoms. The van der Waals surface area contributed by atoms with Crippen LogP contribution in [0.1, 0.15) is 24.2 Å². The number of amides is 1. The maximum absolute atomic E-state index is 13.3. The maximum atomic E-state index is 13.3. The van der Waals surface area contributed by atoms with E-state index in [1.54, 1.807) is 4.90 Å². The molecule has 0 unspecified atom stereocenters. The van der Waals surface area contributed by atoms with Crippen molar-refractivity contribution in [3.8, 4) is 17.1 Å². The van der Waals surface area contributed by atoms with Crippen molar-refractivity contribution in [2.24, 2.45) is 0 Å². The topological polar surface area (TPSA) is 148 Å². The lowest BCUT2D eigenvalue weighted by atomic mass is 10.1. The molecular weight excluding hydrogens is 587 g/mol. The SMILES string of the molecule is Nc1nc(-c2cc(C=C3SC(=S)N(CCCCc4nn[nH]n4)C3=O)ccc2OCCN2CCOCC2)nc2ccccc12. The number of morpholine rings is 1. The lowest BCUT2D eigenvalue weighted by molar-refractivity contribution is -0.122. The standard InChI is InChI=1S/C29H31N9O3S2/c30-26-20-5-1-2-6-22(20)31-27(32-26)21-17-19(8-9-23(21)41-16-13-37-11-14-40-15-12-37)18-24-28(39)38(29(42)43-24)10-4-3-7-25-33-35-36-34-25/h1-2,5-6,8-9,17-18H,3-4,7,10-16H2,(H2,30,31,32)(H,33,34,35,36). The molecule has 0 radical (unpaired) electrons. The molecule has 2 aliphatic rings. The number of nitrogens with one attached hydrogen (secondary N) is 1. The predicted molar refractivity (Wildman–Crippen MR) is 169 cm³/mol. The number of carbonyl (C=O) groups is 1. The molecule has 3 N–H and O–H groups in total. The smallest absolute Gasteiger partial charge is 0.266 e. The summed E-state index contributed by atoms with van der Waals surface area (Å²) in [6, 6.07) is 13.4. The Labute approximate surface area is 258 Å². The highest BCUT2D eigenvalue weighted by molar-refractivity contribution is 8.26. The Kier molecular flexibility index (Phi) is 9.17. The number of aromatic amines is 1. The molecule has 0 bridgehead atoms. The number of H-pyrrole nitrogens is 1. The molecule has 2 saturated heterocycles. The number of thioether (sulfide) groups is 1. The van der Waals surface area contributed by atoms with Crippen molar-refractivity contribution in [1.82, 2.24) is 40.4 Å². The van der Waals surface area contributed by atoms with Crippen LogP contribution in [0.2, 0.25) is 0 Å². The van der Waals surface area contributed by atoms with E-state index in [2.05, 4.69) is 30.5 Å². The first-order valence-corrected chi connectivity index (χ1v) is 15.3. The molecule has 222 valence electrons. The fourth-order valence-electron chi connectivity index (χ4n) is 4.95. The first kappa shape index (κ1) is 29.1. The lowest BCUT2D eigenvalue weighted by Gasteiger charge is -2.26. The second-order valence-corrected chi connectivity index (χ2v) is 11.8. The number of carbonyl (C=O) groups excluding carboxylic acids is 1. The minimum atomic E-state index is -0.104. The molecular formula is C29H31N9O3S2. The number of unbranched alkanes of at least 4 members (excludes halogenated alkanes) is 1. The van der Waals surface area contributed by atoms with Gasteiger partial charge in [-0.05, 0) is 48.7 Å². The van der Waals surface area contributed by atoms with Gasteiger partial charge >= 0.3 is 0 Å². The average Bonchev–Trinajstić information content (AvgIpc) is 3.64. The van der Waals surface area contributed by atoms with Crippen molar-refractivity contribution in [1.29, 1.82) is 0 Å². The Morgan fingerprint density at radius 1 is 1.12 bits per heavy atom. The molecule has 12 nitrogen and oxygen atoms in total. The van der Waals surface area contributed by atoms with Gasteiger partial charge in [-0.3, -0.25) is 14.6 Å². The Morgan fingerprint density at radius 2 is 1.98 bits per heavy atom. The summed E-state index contributed by atoms with van der Waals surface area (Å²) in [7, 11) is 0. The highest BCUT2D eigenvalue weighted by atomic mass is 32.2. The van der Waals surface area contributed by atoms with E-state index in [9.17, 15) is 4.79 Å². The number of rotatable bonds is 11. The summed E-state index contributed by atoms with van der Waals surface area (Å²) < 4.78 is 12.3. The summed E-state index contributed by atoms with van der Waals surface area (Å²) in [4.78, 5) is 27.2. The number of benzene rings is 2. The van der Waals surface area contributed by atoms with E-state index in [-0.39, 0.29) is 5.91 Å². The number of nitrogens with two attached hydrogens (primary N) is 1. The van der Waals surface area contributed by atoms with Gasteiger partial charge in [-0.15, -0.1) is 10.2 Å². The molecule has 2 fully saturated rings. The quantitative estimate of drug-likeness (QED) is 0.144. The Bertz CT molecular complexity index is 1640. The van der Waals surface area contributed by atoms with Gasteiger partial charge in [0.05, 0.1) is 29.2 Å². The van der Waals surface area contributed by atoms with E-state index in [4.69, 9.17) is 32.4 Å². The fourth-order valence-corrected chi connectivity index (χ4v) is 6.26. The number of thiocarbonyl (C=S) groups is 1. The summed E-state index contributed by atoms with van der Waals surface area (Å²) in [5.41, 5.74) is 8.59. The fraction of sp³-hybridized carbons (Fsp3) is 0.345. The molecule has 0 atom stereocenters. The van der Waals surface area contributed by atoms with Crippen molar-refractivity contribution >= 4 is 57.0 Å².